The molecular weight excluding hydrogens is 90.1 g/mol. The molecule has 44 valence electrons. The lowest BCUT2D eigenvalue weighted by Crippen LogP contribution is -2.43. The molecule has 0 aromatic heterocycles. The van der Waals surface area contributed by atoms with Gasteiger partial charge in [0.2, 0.25) is 0 Å². The summed E-state index contributed by atoms with van der Waals surface area (Å²) in [5.74, 6) is 0. The zero-order valence-electron chi connectivity index (χ0n) is 4.65. The highest BCUT2D eigenvalue weighted by Gasteiger charge is 1.90. The Labute approximate surface area is 44.1 Å². The van der Waals surface area contributed by atoms with Crippen molar-refractivity contribution < 1.29 is 0 Å². The lowest BCUT2D eigenvalue weighted by molar-refractivity contribution is 0.554. The fraction of sp³-hybridized carbons (Fsp3) is 1.00. The van der Waals surface area contributed by atoms with Gasteiger partial charge in [0, 0.05) is 6.54 Å². The number of likely N-dealkylation sites (N-methyl/N-ethyl adjacent to an activating group) is 1. The van der Waals surface area contributed by atoms with E-state index in [2.05, 4.69) is 5.32 Å². The molecule has 0 aromatic carbocycles. The number of hydrogen-bond donors (Lipinski definition) is 3. The van der Waals surface area contributed by atoms with Gasteiger partial charge in [0.25, 0.3) is 0 Å². The van der Waals surface area contributed by atoms with Crippen molar-refractivity contribution in [3.8, 4) is 0 Å². The summed E-state index contributed by atoms with van der Waals surface area (Å²) in [4.78, 5) is 0. The van der Waals surface area contributed by atoms with Crippen LogP contribution in [0.25, 0.3) is 0 Å². The predicted octanol–water partition coefficient (Wildman–Crippen LogP) is -1.16. The van der Waals surface area contributed by atoms with Crippen LogP contribution in [0.15, 0.2) is 0 Å². The average Bonchev–Trinajstić information content (AvgIpc) is 1.68. The molecule has 0 saturated carbocycles. The van der Waals surface area contributed by atoms with Gasteiger partial charge in [-0.3, -0.25) is 0 Å². The van der Waals surface area contributed by atoms with Crippen molar-refractivity contribution in [2.75, 3.05) is 13.1 Å². The van der Waals surface area contributed by atoms with E-state index in [0.29, 0.717) is 6.54 Å². The van der Waals surface area contributed by atoms with Gasteiger partial charge < -0.3 is 16.8 Å². The van der Waals surface area contributed by atoms with E-state index in [9.17, 15) is 0 Å². The molecule has 0 spiro atoms. The average molecular weight is 103 g/mol. The van der Waals surface area contributed by atoms with Gasteiger partial charge in [-0.05, 0) is 6.54 Å². The SMILES string of the molecule is CCNC(N)CN. The van der Waals surface area contributed by atoms with Crippen LogP contribution < -0.4 is 16.8 Å². The zero-order valence-corrected chi connectivity index (χ0v) is 4.65. The van der Waals surface area contributed by atoms with Crippen molar-refractivity contribution in [2.24, 2.45) is 11.5 Å². The fourth-order valence-corrected chi connectivity index (χ4v) is 0.346. The van der Waals surface area contributed by atoms with Crippen molar-refractivity contribution in [3.63, 3.8) is 0 Å². The summed E-state index contributed by atoms with van der Waals surface area (Å²) in [6.45, 7) is 3.39. The molecule has 1 atom stereocenters. The highest BCUT2D eigenvalue weighted by atomic mass is 15.0. The normalized spacial score (nSPS) is 14.1. The molecule has 0 rings (SSSR count). The molecule has 0 amide bonds. The van der Waals surface area contributed by atoms with Crippen molar-refractivity contribution >= 4 is 0 Å². The number of nitrogens with one attached hydrogen (secondary N) is 1. The lowest BCUT2D eigenvalue weighted by Gasteiger charge is -2.06. The second-order valence-corrected chi connectivity index (χ2v) is 1.40. The molecule has 0 radical (unpaired) electrons. The Hall–Kier alpha value is -0.120. The van der Waals surface area contributed by atoms with Gasteiger partial charge >= 0.3 is 0 Å². The lowest BCUT2D eigenvalue weighted by atomic mass is 10.5. The van der Waals surface area contributed by atoms with Crippen LogP contribution in [0.5, 0.6) is 0 Å². The largest absolute Gasteiger partial charge is 0.328 e. The molecule has 0 bridgehead atoms. The molecule has 0 aliphatic heterocycles. The van der Waals surface area contributed by atoms with Crippen LogP contribution in [0, 0.1) is 0 Å². The van der Waals surface area contributed by atoms with Gasteiger partial charge in [0.15, 0.2) is 0 Å². The van der Waals surface area contributed by atoms with Crippen LogP contribution in [-0.4, -0.2) is 19.3 Å². The van der Waals surface area contributed by atoms with Gasteiger partial charge in [-0.2, -0.15) is 0 Å². The monoisotopic (exact) mass is 103 g/mol. The van der Waals surface area contributed by atoms with E-state index >= 15 is 0 Å². The van der Waals surface area contributed by atoms with E-state index in [1.54, 1.807) is 0 Å². The third kappa shape index (κ3) is 3.72. The highest BCUT2D eigenvalue weighted by Crippen LogP contribution is 1.60. The van der Waals surface area contributed by atoms with Gasteiger partial charge in [0.05, 0.1) is 6.17 Å². The quantitative estimate of drug-likeness (QED) is 0.395. The Morgan fingerprint density at radius 3 is 2.43 bits per heavy atom. The summed E-state index contributed by atoms with van der Waals surface area (Å²) in [6.07, 6.45) is -0.0231. The van der Waals surface area contributed by atoms with Crippen LogP contribution in [0.4, 0.5) is 0 Å². The van der Waals surface area contributed by atoms with E-state index in [0.717, 1.165) is 6.54 Å². The topological polar surface area (TPSA) is 64.1 Å². The van der Waals surface area contributed by atoms with Gasteiger partial charge in [0.1, 0.15) is 0 Å². The van der Waals surface area contributed by atoms with E-state index < -0.39 is 0 Å². The number of nitrogens with two attached hydrogens (primary N) is 2. The molecule has 0 saturated heterocycles. The smallest absolute Gasteiger partial charge is 0.0672 e. The zero-order chi connectivity index (χ0) is 5.70. The Morgan fingerprint density at radius 1 is 1.71 bits per heavy atom. The second-order valence-electron chi connectivity index (χ2n) is 1.40. The summed E-state index contributed by atoms with van der Waals surface area (Å²) < 4.78 is 0. The molecular formula is C4H13N3. The van der Waals surface area contributed by atoms with Crippen molar-refractivity contribution in [2.45, 2.75) is 13.1 Å². The summed E-state index contributed by atoms with van der Waals surface area (Å²) in [6, 6.07) is 0. The molecule has 7 heavy (non-hydrogen) atoms. The fourth-order valence-electron chi connectivity index (χ4n) is 0.346. The van der Waals surface area contributed by atoms with Crippen molar-refractivity contribution in [3.05, 3.63) is 0 Å². The van der Waals surface area contributed by atoms with Crippen molar-refractivity contribution in [1.29, 1.82) is 0 Å². The maximum Gasteiger partial charge on any atom is 0.0672 e. The molecule has 5 N–H and O–H groups in total. The molecule has 0 aliphatic rings. The summed E-state index contributed by atoms with van der Waals surface area (Å²) in [7, 11) is 0. The van der Waals surface area contributed by atoms with Crippen molar-refractivity contribution in [1.82, 2.24) is 5.32 Å². The van der Waals surface area contributed by atoms with E-state index in [1.807, 2.05) is 6.92 Å². The minimum Gasteiger partial charge on any atom is -0.328 e. The van der Waals surface area contributed by atoms with Crippen LogP contribution in [0.1, 0.15) is 6.92 Å². The molecule has 0 aromatic rings. The first-order valence-electron chi connectivity index (χ1n) is 2.50. The molecule has 0 aliphatic carbocycles. The van der Waals surface area contributed by atoms with Crippen LogP contribution >= 0.6 is 0 Å². The molecule has 1 unspecified atom stereocenters. The standard InChI is InChI=1S/C4H13N3/c1-2-7-4(6)3-5/h4,7H,2-3,5-6H2,1H3. The maximum absolute atomic E-state index is 5.35. The molecule has 3 nitrogen and oxygen atoms in total. The third-order valence-corrected chi connectivity index (χ3v) is 0.720. The summed E-state index contributed by atoms with van der Waals surface area (Å²) in [5, 5.41) is 2.95. The summed E-state index contributed by atoms with van der Waals surface area (Å²) >= 11 is 0. The third-order valence-electron chi connectivity index (χ3n) is 0.720. The van der Waals surface area contributed by atoms with E-state index in [4.69, 9.17) is 11.5 Å². The maximum atomic E-state index is 5.35. The summed E-state index contributed by atoms with van der Waals surface area (Å²) in [5.41, 5.74) is 10.5. The predicted molar refractivity (Wildman–Crippen MR) is 30.7 cm³/mol. The first-order chi connectivity index (χ1) is 3.31. The van der Waals surface area contributed by atoms with Crippen LogP contribution in [-0.2, 0) is 0 Å². The highest BCUT2D eigenvalue weighted by molar-refractivity contribution is 4.54. The van der Waals surface area contributed by atoms with Gasteiger partial charge in [-0.25, -0.2) is 0 Å². The minimum absolute atomic E-state index is 0.0231. The second kappa shape index (κ2) is 4.05. The van der Waals surface area contributed by atoms with Crippen LogP contribution in [0.2, 0.25) is 0 Å². The van der Waals surface area contributed by atoms with E-state index in [-0.39, 0.29) is 6.17 Å². The molecule has 0 heterocycles. The molecule has 3 heteroatoms. The Balaban J connectivity index is 2.83. The van der Waals surface area contributed by atoms with E-state index in [1.165, 1.54) is 0 Å². The van der Waals surface area contributed by atoms with Gasteiger partial charge in [-0.1, -0.05) is 6.92 Å². The Kier molecular flexibility index (Phi) is 3.98. The number of rotatable bonds is 3. The Bertz CT molecular complexity index is 37.9. The molecule has 0 fully saturated rings. The Morgan fingerprint density at radius 2 is 2.29 bits per heavy atom. The minimum atomic E-state index is -0.0231. The first kappa shape index (κ1) is 6.88. The van der Waals surface area contributed by atoms with Gasteiger partial charge in [-0.15, -0.1) is 0 Å². The number of hydrogen-bond acceptors (Lipinski definition) is 3. The first-order valence-corrected chi connectivity index (χ1v) is 2.50. The van der Waals surface area contributed by atoms with Crippen LogP contribution in [0.3, 0.4) is 0 Å².